The van der Waals surface area contributed by atoms with Gasteiger partial charge in [0.05, 0.1) is 19.3 Å². The Labute approximate surface area is 154 Å². The van der Waals surface area contributed by atoms with Crippen molar-refractivity contribution in [1.29, 1.82) is 0 Å². The molecule has 0 bridgehead atoms. The number of aliphatic hydroxyl groups is 2. The van der Waals surface area contributed by atoms with Crippen molar-refractivity contribution < 1.29 is 29.2 Å². The first-order chi connectivity index (χ1) is 12.5. The van der Waals surface area contributed by atoms with Crippen LogP contribution in [0.4, 0.5) is 0 Å². The van der Waals surface area contributed by atoms with Crippen molar-refractivity contribution in [3.63, 3.8) is 0 Å². The molecule has 2 atom stereocenters. The Bertz CT molecular complexity index is 591. The highest BCUT2D eigenvalue weighted by Gasteiger charge is 2.19. The van der Waals surface area contributed by atoms with Crippen molar-refractivity contribution in [3.05, 3.63) is 53.6 Å². The minimum atomic E-state index is -0.800. The first-order valence-corrected chi connectivity index (χ1v) is 8.57. The van der Waals surface area contributed by atoms with E-state index in [0.29, 0.717) is 24.3 Å². The van der Waals surface area contributed by atoms with Gasteiger partial charge in [0.25, 0.3) is 0 Å². The largest absolute Gasteiger partial charge is 0.491 e. The van der Waals surface area contributed by atoms with E-state index in [1.807, 2.05) is 6.08 Å². The number of ether oxygens (including phenoxy) is 3. The van der Waals surface area contributed by atoms with Crippen molar-refractivity contribution in [1.82, 2.24) is 0 Å². The summed E-state index contributed by atoms with van der Waals surface area (Å²) in [4.78, 5) is 11.4. The van der Waals surface area contributed by atoms with Gasteiger partial charge >= 0.3 is 5.97 Å². The second-order valence-corrected chi connectivity index (χ2v) is 5.64. The van der Waals surface area contributed by atoms with Crippen molar-refractivity contribution in [2.75, 3.05) is 26.9 Å². The maximum Gasteiger partial charge on any atom is 0.330 e. The van der Waals surface area contributed by atoms with Crippen molar-refractivity contribution in [2.45, 2.75) is 32.5 Å². The minimum Gasteiger partial charge on any atom is -0.491 e. The molecule has 0 aliphatic heterocycles. The second-order valence-electron chi connectivity index (χ2n) is 5.64. The molecular weight excluding hydrogens is 336 g/mol. The van der Waals surface area contributed by atoms with E-state index in [0.717, 1.165) is 5.57 Å². The van der Waals surface area contributed by atoms with Gasteiger partial charge in [0.1, 0.15) is 18.5 Å². The van der Waals surface area contributed by atoms with Crippen LogP contribution in [-0.2, 0) is 14.3 Å². The highest BCUT2D eigenvalue weighted by molar-refractivity contribution is 5.83. The summed E-state index contributed by atoms with van der Waals surface area (Å²) in [6.07, 6.45) is 4.32. The van der Waals surface area contributed by atoms with Gasteiger partial charge < -0.3 is 24.4 Å². The molecule has 1 aromatic carbocycles. The van der Waals surface area contributed by atoms with E-state index in [-0.39, 0.29) is 19.2 Å². The zero-order valence-electron chi connectivity index (χ0n) is 15.6. The smallest absolute Gasteiger partial charge is 0.330 e. The lowest BCUT2D eigenvalue weighted by Gasteiger charge is -2.21. The maximum atomic E-state index is 11.4. The first kappa shape index (κ1) is 21.9. The number of esters is 1. The highest BCUT2D eigenvalue weighted by atomic mass is 16.5. The SMILES string of the molecule is CCOC(=O)/C=C(C)/C=C/C[C@H](OC)[C@@H](O)c1ccc(OCCO)cc1. The van der Waals surface area contributed by atoms with E-state index in [4.69, 9.17) is 19.3 Å². The number of aliphatic hydroxyl groups excluding tert-OH is 2. The molecule has 0 aromatic heterocycles. The Hall–Kier alpha value is -2.15. The summed E-state index contributed by atoms with van der Waals surface area (Å²) in [6.45, 7) is 4.08. The summed E-state index contributed by atoms with van der Waals surface area (Å²) in [7, 11) is 1.54. The lowest BCUT2D eigenvalue weighted by molar-refractivity contribution is -0.137. The molecule has 144 valence electrons. The molecule has 1 rings (SSSR count). The molecular formula is C20H28O6. The topological polar surface area (TPSA) is 85.2 Å². The summed E-state index contributed by atoms with van der Waals surface area (Å²) in [6, 6.07) is 7.00. The summed E-state index contributed by atoms with van der Waals surface area (Å²) in [5.41, 5.74) is 1.47. The summed E-state index contributed by atoms with van der Waals surface area (Å²) >= 11 is 0. The molecule has 6 nitrogen and oxygen atoms in total. The van der Waals surface area contributed by atoms with Crippen LogP contribution >= 0.6 is 0 Å². The maximum absolute atomic E-state index is 11.4. The zero-order valence-corrected chi connectivity index (χ0v) is 15.6. The van der Waals surface area contributed by atoms with Crippen LogP contribution in [0.1, 0.15) is 31.9 Å². The Morgan fingerprint density at radius 1 is 1.27 bits per heavy atom. The fraction of sp³-hybridized carbons (Fsp3) is 0.450. The van der Waals surface area contributed by atoms with Crippen LogP contribution in [0.15, 0.2) is 48.1 Å². The summed E-state index contributed by atoms with van der Waals surface area (Å²) in [5.74, 6) is 0.255. The van der Waals surface area contributed by atoms with E-state index in [1.165, 1.54) is 6.08 Å². The standard InChI is InChI=1S/C20H28O6/c1-4-25-19(22)14-15(2)6-5-7-18(24-3)20(23)16-8-10-17(11-9-16)26-13-12-21/h5-6,8-11,14,18,20-21,23H,4,7,12-13H2,1-3H3/b6-5+,15-14+/t18-,20-/m0/s1. The molecule has 0 fully saturated rings. The summed E-state index contributed by atoms with van der Waals surface area (Å²) in [5, 5.41) is 19.3. The molecule has 0 aliphatic rings. The Balaban J connectivity index is 2.64. The van der Waals surface area contributed by atoms with Gasteiger partial charge in [0.2, 0.25) is 0 Å². The predicted molar refractivity (Wildman–Crippen MR) is 98.9 cm³/mol. The monoisotopic (exact) mass is 364 g/mol. The minimum absolute atomic E-state index is 0.0491. The molecule has 0 spiro atoms. The van der Waals surface area contributed by atoms with E-state index in [1.54, 1.807) is 51.3 Å². The molecule has 2 N–H and O–H groups in total. The number of hydrogen-bond donors (Lipinski definition) is 2. The van der Waals surface area contributed by atoms with Crippen molar-refractivity contribution >= 4 is 5.97 Å². The van der Waals surface area contributed by atoms with E-state index in [2.05, 4.69) is 0 Å². The van der Waals surface area contributed by atoms with Gasteiger partial charge in [-0.15, -0.1) is 0 Å². The van der Waals surface area contributed by atoms with Gasteiger partial charge in [0.15, 0.2) is 0 Å². The predicted octanol–water partition coefficient (Wildman–Crippen LogP) is 2.56. The first-order valence-electron chi connectivity index (χ1n) is 8.57. The number of hydrogen-bond acceptors (Lipinski definition) is 6. The van der Waals surface area contributed by atoms with Crippen LogP contribution in [-0.4, -0.2) is 49.2 Å². The zero-order chi connectivity index (χ0) is 19.4. The van der Waals surface area contributed by atoms with E-state index in [9.17, 15) is 9.90 Å². The quantitative estimate of drug-likeness (QED) is 0.357. The second kappa shape index (κ2) is 12.2. The molecule has 1 aromatic rings. The normalized spacial score (nSPS) is 14.3. The van der Waals surface area contributed by atoms with Crippen LogP contribution in [0, 0.1) is 0 Å². The molecule has 0 heterocycles. The fourth-order valence-electron chi connectivity index (χ4n) is 2.30. The molecule has 0 saturated heterocycles. The van der Waals surface area contributed by atoms with Crippen molar-refractivity contribution in [3.8, 4) is 5.75 Å². The van der Waals surface area contributed by atoms with Crippen LogP contribution in [0.25, 0.3) is 0 Å². The Morgan fingerprint density at radius 3 is 2.54 bits per heavy atom. The Kier molecular flexibility index (Phi) is 10.3. The van der Waals surface area contributed by atoms with Crippen LogP contribution in [0.2, 0.25) is 0 Å². The van der Waals surface area contributed by atoms with Crippen molar-refractivity contribution in [2.24, 2.45) is 0 Å². The molecule has 0 saturated carbocycles. The van der Waals surface area contributed by atoms with Gasteiger partial charge in [0, 0.05) is 13.2 Å². The van der Waals surface area contributed by atoms with E-state index >= 15 is 0 Å². The summed E-state index contributed by atoms with van der Waals surface area (Å²) < 4.78 is 15.5. The molecule has 0 radical (unpaired) electrons. The molecule has 6 heteroatoms. The van der Waals surface area contributed by atoms with Crippen LogP contribution in [0.5, 0.6) is 5.75 Å². The molecule has 0 amide bonds. The number of carbonyl (C=O) groups excluding carboxylic acids is 1. The van der Waals surface area contributed by atoms with E-state index < -0.39 is 12.2 Å². The number of benzene rings is 1. The third-order valence-electron chi connectivity index (χ3n) is 3.62. The molecule has 0 aliphatic carbocycles. The average Bonchev–Trinajstić information content (AvgIpc) is 2.63. The molecule has 0 unspecified atom stereocenters. The fourth-order valence-corrected chi connectivity index (χ4v) is 2.30. The molecule has 26 heavy (non-hydrogen) atoms. The van der Waals surface area contributed by atoms with Gasteiger partial charge in [-0.2, -0.15) is 0 Å². The highest BCUT2D eigenvalue weighted by Crippen LogP contribution is 2.24. The average molecular weight is 364 g/mol. The lowest BCUT2D eigenvalue weighted by Crippen LogP contribution is -2.20. The number of methoxy groups -OCH3 is 1. The van der Waals surface area contributed by atoms with Crippen LogP contribution in [0.3, 0.4) is 0 Å². The number of allylic oxidation sites excluding steroid dienone is 2. The van der Waals surface area contributed by atoms with Gasteiger partial charge in [-0.25, -0.2) is 4.79 Å². The third-order valence-corrected chi connectivity index (χ3v) is 3.62. The van der Waals surface area contributed by atoms with Gasteiger partial charge in [-0.3, -0.25) is 0 Å². The van der Waals surface area contributed by atoms with Crippen LogP contribution < -0.4 is 4.74 Å². The lowest BCUT2D eigenvalue weighted by atomic mass is 10.0. The van der Waals surface area contributed by atoms with Gasteiger partial charge in [-0.1, -0.05) is 24.3 Å². The Morgan fingerprint density at radius 2 is 1.96 bits per heavy atom. The van der Waals surface area contributed by atoms with Gasteiger partial charge in [-0.05, 0) is 43.5 Å². The number of rotatable bonds is 11. The number of carbonyl (C=O) groups is 1. The third kappa shape index (κ3) is 7.82.